The highest BCUT2D eigenvalue weighted by Crippen LogP contribution is 2.18. The van der Waals surface area contributed by atoms with Crippen molar-refractivity contribution in [1.82, 2.24) is 0 Å². The first-order chi connectivity index (χ1) is 8.67. The van der Waals surface area contributed by atoms with Gasteiger partial charge in [-0.1, -0.05) is 23.7 Å². The molecule has 0 atom stereocenters. The van der Waals surface area contributed by atoms with Crippen molar-refractivity contribution in [2.75, 3.05) is 0 Å². The van der Waals surface area contributed by atoms with Crippen molar-refractivity contribution >= 4 is 11.6 Å². The van der Waals surface area contributed by atoms with Gasteiger partial charge in [-0.25, -0.2) is 4.39 Å². The van der Waals surface area contributed by atoms with Crippen LogP contribution in [0.1, 0.15) is 11.1 Å². The van der Waals surface area contributed by atoms with E-state index in [0.29, 0.717) is 22.9 Å². The zero-order valence-electron chi connectivity index (χ0n) is 9.57. The van der Waals surface area contributed by atoms with E-state index in [1.165, 1.54) is 12.1 Å². The van der Waals surface area contributed by atoms with Gasteiger partial charge >= 0.3 is 0 Å². The first-order valence-electron chi connectivity index (χ1n) is 5.45. The van der Waals surface area contributed by atoms with E-state index >= 15 is 0 Å². The summed E-state index contributed by atoms with van der Waals surface area (Å²) in [7, 11) is 0. The van der Waals surface area contributed by atoms with E-state index in [9.17, 15) is 4.39 Å². The molecule has 1 N–H and O–H groups in total. The molecule has 0 bridgehead atoms. The zero-order chi connectivity index (χ0) is 13.0. The normalized spacial score (nSPS) is 10.4. The molecule has 4 heteroatoms. The maximum Gasteiger partial charge on any atom is 0.127 e. The van der Waals surface area contributed by atoms with Crippen LogP contribution in [0.25, 0.3) is 0 Å². The quantitative estimate of drug-likeness (QED) is 0.917. The fourth-order valence-electron chi connectivity index (χ4n) is 1.54. The van der Waals surface area contributed by atoms with Crippen LogP contribution in [0.5, 0.6) is 5.75 Å². The number of hydrogen-bond donors (Lipinski definition) is 1. The molecule has 0 saturated heterocycles. The lowest BCUT2D eigenvalue weighted by molar-refractivity contribution is 0.276. The van der Waals surface area contributed by atoms with E-state index in [1.807, 2.05) is 12.1 Å². The molecular weight excluding hydrogens is 255 g/mol. The van der Waals surface area contributed by atoms with Crippen molar-refractivity contribution in [2.24, 2.45) is 0 Å². The summed E-state index contributed by atoms with van der Waals surface area (Å²) in [5.41, 5.74) is 1.43. The van der Waals surface area contributed by atoms with Crippen molar-refractivity contribution < 1.29 is 14.2 Å². The van der Waals surface area contributed by atoms with E-state index in [0.717, 1.165) is 5.56 Å². The first kappa shape index (κ1) is 12.9. The Balaban J connectivity index is 2.05. The van der Waals surface area contributed by atoms with Crippen molar-refractivity contribution in [3.63, 3.8) is 0 Å². The van der Waals surface area contributed by atoms with E-state index in [-0.39, 0.29) is 6.61 Å². The van der Waals surface area contributed by atoms with Gasteiger partial charge in [0.25, 0.3) is 0 Å². The number of aliphatic hydroxyl groups excluding tert-OH is 1. The van der Waals surface area contributed by atoms with Crippen LogP contribution in [0.4, 0.5) is 4.39 Å². The summed E-state index contributed by atoms with van der Waals surface area (Å²) in [4.78, 5) is 0. The second-order valence-electron chi connectivity index (χ2n) is 3.87. The number of rotatable bonds is 4. The van der Waals surface area contributed by atoms with Crippen molar-refractivity contribution in [1.29, 1.82) is 0 Å². The molecule has 0 fully saturated rings. The highest BCUT2D eigenvalue weighted by Gasteiger charge is 2.02. The third-order valence-electron chi connectivity index (χ3n) is 2.43. The Morgan fingerprint density at radius 2 is 1.78 bits per heavy atom. The summed E-state index contributed by atoms with van der Waals surface area (Å²) >= 11 is 5.77. The molecule has 2 nitrogen and oxygen atoms in total. The lowest BCUT2D eigenvalue weighted by Gasteiger charge is -2.08. The van der Waals surface area contributed by atoms with Gasteiger partial charge in [0, 0.05) is 11.1 Å². The summed E-state index contributed by atoms with van der Waals surface area (Å²) in [6.45, 7) is 0.112. The Hall–Kier alpha value is -1.58. The highest BCUT2D eigenvalue weighted by atomic mass is 35.5. The second-order valence-corrected chi connectivity index (χ2v) is 4.30. The van der Waals surface area contributed by atoms with Crippen LogP contribution in [-0.4, -0.2) is 5.11 Å². The number of ether oxygens (including phenoxy) is 1. The van der Waals surface area contributed by atoms with Crippen LogP contribution < -0.4 is 4.74 Å². The average molecular weight is 267 g/mol. The minimum absolute atomic E-state index is 0.213. The number of halogens is 2. The van der Waals surface area contributed by atoms with Gasteiger partial charge in [-0.3, -0.25) is 0 Å². The number of hydrogen-bond acceptors (Lipinski definition) is 2. The van der Waals surface area contributed by atoms with Gasteiger partial charge in [-0.2, -0.15) is 0 Å². The largest absolute Gasteiger partial charge is 0.489 e. The Morgan fingerprint density at radius 1 is 1.06 bits per heavy atom. The summed E-state index contributed by atoms with van der Waals surface area (Å²) < 4.78 is 18.6. The third-order valence-corrected chi connectivity index (χ3v) is 2.68. The predicted octanol–water partition coefficient (Wildman–Crippen LogP) is 3.55. The summed E-state index contributed by atoms with van der Waals surface area (Å²) in [5, 5.41) is 9.62. The van der Waals surface area contributed by atoms with Crippen LogP contribution >= 0.6 is 11.6 Å². The van der Waals surface area contributed by atoms with Gasteiger partial charge in [0.05, 0.1) is 6.61 Å². The van der Waals surface area contributed by atoms with Crippen LogP contribution in [-0.2, 0) is 13.2 Å². The summed E-state index contributed by atoms with van der Waals surface area (Å²) in [5.74, 6) is -0.0262. The van der Waals surface area contributed by atoms with Crippen molar-refractivity contribution in [3.05, 3.63) is 64.4 Å². The molecule has 0 amide bonds. The van der Waals surface area contributed by atoms with Crippen LogP contribution in [0.2, 0.25) is 5.02 Å². The van der Waals surface area contributed by atoms with E-state index in [2.05, 4.69) is 0 Å². The standard InChI is InChI=1S/C14H12ClFO2/c15-12-3-1-10(2-4-12)9-18-14-6-11(8-17)5-13(16)7-14/h1-7,17H,8-9H2. The van der Waals surface area contributed by atoms with E-state index in [1.54, 1.807) is 18.2 Å². The van der Waals surface area contributed by atoms with Gasteiger partial charge in [0.1, 0.15) is 18.2 Å². The molecule has 0 aliphatic heterocycles. The fraction of sp³-hybridized carbons (Fsp3) is 0.143. The number of benzene rings is 2. The molecule has 0 aliphatic rings. The van der Waals surface area contributed by atoms with Gasteiger partial charge in [-0.15, -0.1) is 0 Å². The second kappa shape index (κ2) is 5.85. The molecular formula is C14H12ClFO2. The summed E-state index contributed by atoms with van der Waals surface area (Å²) in [6.07, 6.45) is 0. The SMILES string of the molecule is OCc1cc(F)cc(OCc2ccc(Cl)cc2)c1. The zero-order valence-corrected chi connectivity index (χ0v) is 10.3. The molecule has 0 saturated carbocycles. The monoisotopic (exact) mass is 266 g/mol. The van der Waals surface area contributed by atoms with E-state index in [4.69, 9.17) is 21.4 Å². The van der Waals surface area contributed by atoms with Gasteiger partial charge in [-0.05, 0) is 35.4 Å². The summed E-state index contributed by atoms with van der Waals surface area (Å²) in [6, 6.07) is 11.4. The Morgan fingerprint density at radius 3 is 2.44 bits per heavy atom. The molecule has 2 rings (SSSR count). The molecule has 0 aliphatic carbocycles. The molecule has 18 heavy (non-hydrogen) atoms. The molecule has 94 valence electrons. The lowest BCUT2D eigenvalue weighted by atomic mass is 10.2. The highest BCUT2D eigenvalue weighted by molar-refractivity contribution is 6.30. The van der Waals surface area contributed by atoms with E-state index < -0.39 is 5.82 Å². The Kier molecular flexibility index (Phi) is 4.18. The Labute approximate surface area is 110 Å². The minimum atomic E-state index is -0.423. The molecule has 2 aromatic rings. The fourth-order valence-corrected chi connectivity index (χ4v) is 1.67. The maximum absolute atomic E-state index is 13.2. The van der Waals surface area contributed by atoms with Crippen molar-refractivity contribution in [2.45, 2.75) is 13.2 Å². The van der Waals surface area contributed by atoms with Gasteiger partial charge in [0.15, 0.2) is 0 Å². The van der Waals surface area contributed by atoms with Gasteiger partial charge < -0.3 is 9.84 Å². The predicted molar refractivity (Wildman–Crippen MR) is 68.1 cm³/mol. The third kappa shape index (κ3) is 3.45. The maximum atomic E-state index is 13.2. The minimum Gasteiger partial charge on any atom is -0.489 e. The molecule has 0 unspecified atom stereocenters. The van der Waals surface area contributed by atoms with Gasteiger partial charge in [0.2, 0.25) is 0 Å². The molecule has 0 aromatic heterocycles. The van der Waals surface area contributed by atoms with Crippen LogP contribution in [0.3, 0.4) is 0 Å². The van der Waals surface area contributed by atoms with Crippen molar-refractivity contribution in [3.8, 4) is 5.75 Å². The first-order valence-corrected chi connectivity index (χ1v) is 5.83. The van der Waals surface area contributed by atoms with Crippen LogP contribution in [0.15, 0.2) is 42.5 Å². The lowest BCUT2D eigenvalue weighted by Crippen LogP contribution is -1.97. The van der Waals surface area contributed by atoms with Crippen LogP contribution in [0, 0.1) is 5.82 Å². The Bertz CT molecular complexity index is 526. The smallest absolute Gasteiger partial charge is 0.127 e. The molecule has 0 spiro atoms. The number of aliphatic hydroxyl groups is 1. The molecule has 0 radical (unpaired) electrons. The molecule has 2 aromatic carbocycles. The molecule has 0 heterocycles. The average Bonchev–Trinajstić information content (AvgIpc) is 2.37. The topological polar surface area (TPSA) is 29.5 Å².